The Labute approximate surface area is 275 Å². The first-order chi connectivity index (χ1) is 22.4. The molecule has 0 aromatic heterocycles. The summed E-state index contributed by atoms with van der Waals surface area (Å²) in [7, 11) is -14.5. The Morgan fingerprint density at radius 3 is 1.58 bits per heavy atom. The Kier molecular flexibility index (Phi) is 9.58. The molecule has 0 bridgehead atoms. The first-order valence-corrected chi connectivity index (χ1v) is 18.0. The van der Waals surface area contributed by atoms with E-state index in [1.165, 1.54) is 66.7 Å². The lowest BCUT2D eigenvalue weighted by molar-refractivity contribution is -0.432. The highest BCUT2D eigenvalue weighted by atomic mass is 32.2. The zero-order chi connectivity index (χ0) is 35.0. The minimum Gasteiger partial charge on any atom is -0.322 e. The van der Waals surface area contributed by atoms with E-state index < -0.39 is 56.9 Å². The molecule has 0 saturated heterocycles. The van der Waals surface area contributed by atoms with Crippen LogP contribution in [0.3, 0.4) is 0 Å². The summed E-state index contributed by atoms with van der Waals surface area (Å²) in [5.41, 5.74) is 0.324. The number of nitrogens with one attached hydrogen (secondary N) is 2. The maximum Gasteiger partial charge on any atom is 0.295 e. The molecule has 2 amide bonds. The van der Waals surface area contributed by atoms with Crippen LogP contribution >= 0.6 is 12.0 Å². The summed E-state index contributed by atoms with van der Waals surface area (Å²) in [5, 5.41) is 17.3. The summed E-state index contributed by atoms with van der Waals surface area (Å²) in [6, 6.07) is 17.4. The molecule has 0 aliphatic rings. The van der Waals surface area contributed by atoms with Gasteiger partial charge in [-0.1, -0.05) is 23.2 Å². The van der Waals surface area contributed by atoms with E-state index in [0.29, 0.717) is 18.1 Å². The molecule has 0 saturated carbocycles. The van der Waals surface area contributed by atoms with Crippen LogP contribution in [0.25, 0.3) is 21.5 Å². The lowest BCUT2D eigenvalue weighted by atomic mass is 10.1. The van der Waals surface area contributed by atoms with Crippen LogP contribution in [0, 0.1) is 0 Å². The van der Waals surface area contributed by atoms with Gasteiger partial charge in [-0.3, -0.25) is 23.2 Å². The molecule has 0 unspecified atom stereocenters. The quantitative estimate of drug-likeness (QED) is 0.0493. The van der Waals surface area contributed by atoms with Gasteiger partial charge in [0.15, 0.2) is 0 Å². The third kappa shape index (κ3) is 7.79. The third-order valence-corrected chi connectivity index (χ3v) is 9.87. The van der Waals surface area contributed by atoms with E-state index in [0.717, 1.165) is 12.1 Å². The summed E-state index contributed by atoms with van der Waals surface area (Å²) in [6.07, 6.45) is 0. The second-order valence-electron chi connectivity index (χ2n) is 9.85. The minimum absolute atomic E-state index is 0.0112. The average molecular weight is 737 g/mol. The summed E-state index contributed by atoms with van der Waals surface area (Å²) in [4.78, 5) is 24.3. The number of amides is 2. The van der Waals surface area contributed by atoms with Crippen molar-refractivity contribution in [3.8, 4) is 0 Å². The molecule has 0 aliphatic heterocycles. The van der Waals surface area contributed by atoms with E-state index in [-0.39, 0.29) is 48.9 Å². The number of fused-ring (bicyclic) bond motifs is 2. The molecule has 5 aromatic rings. The Morgan fingerprint density at radius 1 is 0.604 bits per heavy atom. The van der Waals surface area contributed by atoms with Crippen molar-refractivity contribution < 1.29 is 63.1 Å². The van der Waals surface area contributed by atoms with E-state index >= 15 is 0 Å². The van der Waals surface area contributed by atoms with Crippen LogP contribution in [-0.4, -0.2) is 56.0 Å². The molecule has 6 N–H and O–H groups in total. The van der Waals surface area contributed by atoms with Gasteiger partial charge in [0.2, 0.25) is 0 Å². The summed E-state index contributed by atoms with van der Waals surface area (Å²) >= 11 is 0.449. The van der Waals surface area contributed by atoms with Crippen molar-refractivity contribution in [2.45, 2.75) is 19.6 Å². The molecular formula is C28H20N2O14S4. The van der Waals surface area contributed by atoms with Crippen molar-refractivity contribution >= 4 is 87.1 Å². The maximum atomic E-state index is 13.1. The standard InChI is InChI=1S/C28H20N2O14S4/c31-27(29-19-4-6-23-17(9-19)11-21(45-44-43-33)13-25(23)47(37,38)39)15-2-1-3-16(8-15)28(32)30-20-5-7-24-18(10-20)12-22(46(34,35)36)14-26(24)48(40,41)42/h1-14,33H,(H,29,31)(H,30,32)(H,34,35,36)(H,37,38,39)(H,40,41,42). The SMILES string of the molecule is O=C(Nc1ccc2c(S(=O)(=O)O)cc(SOOO)cc2c1)c1cccc(C(=O)Nc2ccc3c(S(=O)(=O)O)cc(S(=O)(=O)O)cc3c2)c1. The fourth-order valence-corrected chi connectivity index (χ4v) is 7.28. The van der Waals surface area contributed by atoms with Gasteiger partial charge < -0.3 is 10.6 Å². The van der Waals surface area contributed by atoms with Crippen molar-refractivity contribution in [2.24, 2.45) is 0 Å². The summed E-state index contributed by atoms with van der Waals surface area (Å²) < 4.78 is 104. The number of rotatable bonds is 10. The summed E-state index contributed by atoms with van der Waals surface area (Å²) in [5.74, 6) is -1.38. The van der Waals surface area contributed by atoms with Gasteiger partial charge in [-0.05, 0) is 77.5 Å². The highest BCUT2D eigenvalue weighted by Crippen LogP contribution is 2.33. The van der Waals surface area contributed by atoms with Crippen molar-refractivity contribution in [3.63, 3.8) is 0 Å². The van der Waals surface area contributed by atoms with Gasteiger partial charge in [0.25, 0.3) is 42.2 Å². The first-order valence-electron chi connectivity index (χ1n) is 12.9. The van der Waals surface area contributed by atoms with Gasteiger partial charge in [-0.25, -0.2) is 5.26 Å². The molecule has 5 rings (SSSR count). The zero-order valence-corrected chi connectivity index (χ0v) is 26.9. The smallest absolute Gasteiger partial charge is 0.295 e. The van der Waals surface area contributed by atoms with E-state index in [9.17, 15) is 48.5 Å². The second-order valence-corrected chi connectivity index (χ2v) is 14.8. The number of benzene rings is 5. The molecule has 20 heteroatoms. The average Bonchev–Trinajstić information content (AvgIpc) is 3.01. The molecule has 250 valence electrons. The highest BCUT2D eigenvalue weighted by Gasteiger charge is 2.21. The monoisotopic (exact) mass is 736 g/mol. The highest BCUT2D eigenvalue weighted by molar-refractivity contribution is 7.94. The van der Waals surface area contributed by atoms with Crippen LogP contribution in [0.1, 0.15) is 20.7 Å². The van der Waals surface area contributed by atoms with Crippen LogP contribution in [0.2, 0.25) is 0 Å². The van der Waals surface area contributed by atoms with Crippen LogP contribution in [-0.2, 0) is 39.7 Å². The van der Waals surface area contributed by atoms with Crippen molar-refractivity contribution in [1.82, 2.24) is 0 Å². The number of carbonyl (C=O) groups excluding carboxylic acids is 2. The Bertz CT molecular complexity index is 2470. The van der Waals surface area contributed by atoms with Gasteiger partial charge in [0.1, 0.15) is 9.79 Å². The Morgan fingerprint density at radius 2 is 1.10 bits per heavy atom. The second kappa shape index (κ2) is 13.2. The molecule has 0 atom stereocenters. The van der Waals surface area contributed by atoms with Crippen molar-refractivity contribution in [1.29, 1.82) is 0 Å². The number of hydrogen-bond donors (Lipinski definition) is 6. The van der Waals surface area contributed by atoms with E-state index in [4.69, 9.17) is 5.26 Å². The lowest BCUT2D eigenvalue weighted by Gasteiger charge is -2.12. The first kappa shape index (κ1) is 34.8. The Balaban J connectivity index is 1.40. The van der Waals surface area contributed by atoms with Crippen LogP contribution in [0.5, 0.6) is 0 Å². The lowest BCUT2D eigenvalue weighted by Crippen LogP contribution is -2.15. The van der Waals surface area contributed by atoms with Gasteiger partial charge in [-0.15, -0.1) is 4.33 Å². The predicted octanol–water partition coefficient (Wildman–Crippen LogP) is 4.67. The molecule has 0 fully saturated rings. The molecule has 48 heavy (non-hydrogen) atoms. The topological polar surface area (TPSA) is 260 Å². The van der Waals surface area contributed by atoms with E-state index in [1.807, 2.05) is 0 Å². The van der Waals surface area contributed by atoms with Gasteiger partial charge in [0, 0.05) is 38.2 Å². The number of anilines is 2. The van der Waals surface area contributed by atoms with Crippen LogP contribution in [0.4, 0.5) is 11.4 Å². The third-order valence-electron chi connectivity index (χ3n) is 6.69. The molecule has 0 heterocycles. The molecule has 5 aromatic carbocycles. The minimum atomic E-state index is -4.90. The molecule has 16 nitrogen and oxygen atoms in total. The predicted molar refractivity (Wildman–Crippen MR) is 170 cm³/mol. The zero-order valence-electron chi connectivity index (χ0n) is 23.6. The Hall–Kier alpha value is -4.48. The number of carbonyl (C=O) groups is 2. The molecular weight excluding hydrogens is 717 g/mol. The number of hydrogen-bond acceptors (Lipinski definition) is 12. The molecule has 0 aliphatic carbocycles. The van der Waals surface area contributed by atoms with Gasteiger partial charge in [-0.2, -0.15) is 25.3 Å². The van der Waals surface area contributed by atoms with Crippen molar-refractivity contribution in [2.75, 3.05) is 10.6 Å². The molecule has 0 spiro atoms. The maximum absolute atomic E-state index is 13.1. The molecule has 0 radical (unpaired) electrons. The largest absolute Gasteiger partial charge is 0.322 e. The van der Waals surface area contributed by atoms with Gasteiger partial charge in [0.05, 0.1) is 16.9 Å². The van der Waals surface area contributed by atoms with Crippen LogP contribution in [0.15, 0.2) is 105 Å². The summed E-state index contributed by atoms with van der Waals surface area (Å²) in [6.45, 7) is 0. The van der Waals surface area contributed by atoms with E-state index in [2.05, 4.69) is 20.0 Å². The van der Waals surface area contributed by atoms with Crippen molar-refractivity contribution in [3.05, 3.63) is 96.1 Å². The van der Waals surface area contributed by atoms with Gasteiger partial charge >= 0.3 is 0 Å². The van der Waals surface area contributed by atoms with E-state index in [1.54, 1.807) is 0 Å². The fraction of sp³-hybridized carbons (Fsp3) is 0. The normalized spacial score (nSPS) is 12.2. The fourth-order valence-electron chi connectivity index (χ4n) is 4.66. The van der Waals surface area contributed by atoms with Crippen LogP contribution < -0.4 is 10.6 Å².